The van der Waals surface area contributed by atoms with Gasteiger partial charge in [-0.25, -0.2) is 4.39 Å². The number of nitrogens with zero attached hydrogens (tertiary/aromatic N) is 3. The van der Waals surface area contributed by atoms with Gasteiger partial charge in [0.2, 0.25) is 5.91 Å². The van der Waals surface area contributed by atoms with Crippen LogP contribution in [0.5, 0.6) is 5.75 Å². The van der Waals surface area contributed by atoms with Crippen LogP contribution in [0, 0.1) is 12.7 Å². The Kier molecular flexibility index (Phi) is 5.06. The highest BCUT2D eigenvalue weighted by molar-refractivity contribution is 5.76. The molecule has 6 nitrogen and oxygen atoms in total. The molecule has 0 bridgehead atoms. The third-order valence-electron chi connectivity index (χ3n) is 4.70. The number of amides is 1. The average Bonchev–Trinajstić information content (AvgIpc) is 3.30. The zero-order chi connectivity index (χ0) is 19.5. The molecule has 1 aliphatic rings. The molecule has 1 N–H and O–H groups in total. The third kappa shape index (κ3) is 4.03. The molecular weight excluding hydrogens is 359 g/mol. The molecule has 28 heavy (non-hydrogen) atoms. The van der Waals surface area contributed by atoms with Gasteiger partial charge in [-0.15, -0.1) is 0 Å². The molecule has 3 heterocycles. The van der Waals surface area contributed by atoms with E-state index in [0.29, 0.717) is 37.2 Å². The van der Waals surface area contributed by atoms with Gasteiger partial charge in [-0.05, 0) is 31.2 Å². The Morgan fingerprint density at radius 1 is 1.39 bits per heavy atom. The molecule has 144 valence electrons. The highest BCUT2D eigenvalue weighted by atomic mass is 19.1. The zero-order valence-corrected chi connectivity index (χ0v) is 15.6. The number of hydrogen-bond acceptors (Lipinski definition) is 4. The van der Waals surface area contributed by atoms with Crippen molar-refractivity contribution in [3.05, 3.63) is 66.0 Å². The van der Waals surface area contributed by atoms with Crippen LogP contribution in [-0.4, -0.2) is 33.3 Å². The van der Waals surface area contributed by atoms with Crippen molar-refractivity contribution < 1.29 is 13.9 Å². The molecule has 3 aromatic rings. The fraction of sp³-hybridized carbons (Fsp3) is 0.286. The Morgan fingerprint density at radius 3 is 3.04 bits per heavy atom. The first-order chi connectivity index (χ1) is 13.6. The summed E-state index contributed by atoms with van der Waals surface area (Å²) < 4.78 is 21.8. The van der Waals surface area contributed by atoms with Gasteiger partial charge in [0.25, 0.3) is 0 Å². The van der Waals surface area contributed by atoms with Crippen molar-refractivity contribution >= 4 is 5.91 Å². The molecule has 0 aliphatic carbocycles. The smallest absolute Gasteiger partial charge is 0.221 e. The molecule has 0 saturated carbocycles. The van der Waals surface area contributed by atoms with E-state index in [1.54, 1.807) is 23.1 Å². The number of hydrogen-bond donors (Lipinski definition) is 1. The largest absolute Gasteiger partial charge is 0.487 e. The maximum absolute atomic E-state index is 14.1. The highest BCUT2D eigenvalue weighted by Crippen LogP contribution is 2.39. The molecule has 1 amide bonds. The van der Waals surface area contributed by atoms with Crippen LogP contribution in [0.15, 0.2) is 48.9 Å². The Balaban J connectivity index is 1.36. The van der Waals surface area contributed by atoms with Gasteiger partial charge in [-0.2, -0.15) is 5.10 Å². The summed E-state index contributed by atoms with van der Waals surface area (Å²) in [6.45, 7) is 2.82. The second kappa shape index (κ2) is 7.80. The minimum Gasteiger partial charge on any atom is -0.487 e. The van der Waals surface area contributed by atoms with Crippen molar-refractivity contribution in [1.29, 1.82) is 0 Å². The predicted molar refractivity (Wildman–Crippen MR) is 102 cm³/mol. The van der Waals surface area contributed by atoms with Crippen LogP contribution in [0.1, 0.15) is 17.7 Å². The molecule has 1 aromatic carbocycles. The lowest BCUT2D eigenvalue weighted by molar-refractivity contribution is -0.121. The van der Waals surface area contributed by atoms with Crippen LogP contribution >= 0.6 is 0 Å². The first-order valence-electron chi connectivity index (χ1n) is 9.25. The second-order valence-electron chi connectivity index (χ2n) is 6.90. The van der Waals surface area contributed by atoms with Crippen molar-refractivity contribution in [3.8, 4) is 16.9 Å². The van der Waals surface area contributed by atoms with E-state index >= 15 is 0 Å². The van der Waals surface area contributed by atoms with Crippen molar-refractivity contribution in [3.63, 3.8) is 0 Å². The van der Waals surface area contributed by atoms with Crippen LogP contribution in [0.4, 0.5) is 4.39 Å². The predicted octanol–water partition coefficient (Wildman–Crippen LogP) is 2.90. The Bertz CT molecular complexity index is 987. The van der Waals surface area contributed by atoms with Crippen LogP contribution in [0.25, 0.3) is 11.1 Å². The fourth-order valence-electron chi connectivity index (χ4n) is 3.36. The number of halogens is 1. The quantitative estimate of drug-likeness (QED) is 0.714. The van der Waals surface area contributed by atoms with Crippen LogP contribution in [-0.2, 0) is 17.8 Å². The molecule has 1 atom stereocenters. The third-order valence-corrected chi connectivity index (χ3v) is 4.70. The molecule has 4 rings (SSSR count). The van der Waals surface area contributed by atoms with E-state index in [0.717, 1.165) is 16.8 Å². The van der Waals surface area contributed by atoms with Crippen molar-refractivity contribution in [2.45, 2.75) is 32.4 Å². The van der Waals surface area contributed by atoms with Crippen LogP contribution in [0.3, 0.4) is 0 Å². The van der Waals surface area contributed by atoms with Gasteiger partial charge < -0.3 is 10.1 Å². The topological polar surface area (TPSA) is 69.0 Å². The van der Waals surface area contributed by atoms with E-state index in [2.05, 4.69) is 15.4 Å². The highest BCUT2D eigenvalue weighted by Gasteiger charge is 2.27. The van der Waals surface area contributed by atoms with Crippen LogP contribution in [0.2, 0.25) is 0 Å². The molecule has 0 fully saturated rings. The summed E-state index contributed by atoms with van der Waals surface area (Å²) in [5.74, 6) is 0.299. The number of ether oxygens (including phenoxy) is 1. The number of pyridine rings is 1. The summed E-state index contributed by atoms with van der Waals surface area (Å²) in [4.78, 5) is 16.2. The Hall–Kier alpha value is -3.22. The molecule has 0 radical (unpaired) electrons. The second-order valence-corrected chi connectivity index (χ2v) is 6.90. The lowest BCUT2D eigenvalue weighted by Crippen LogP contribution is -2.34. The first kappa shape index (κ1) is 18.2. The number of benzene rings is 1. The van der Waals surface area contributed by atoms with Crippen LogP contribution < -0.4 is 10.1 Å². The van der Waals surface area contributed by atoms with Crippen molar-refractivity contribution in [2.24, 2.45) is 0 Å². The molecular formula is C21H21FN4O2. The van der Waals surface area contributed by atoms with Gasteiger partial charge in [0.1, 0.15) is 17.7 Å². The maximum atomic E-state index is 14.1. The Morgan fingerprint density at radius 2 is 2.29 bits per heavy atom. The maximum Gasteiger partial charge on any atom is 0.221 e. The summed E-state index contributed by atoms with van der Waals surface area (Å²) in [7, 11) is 0. The summed E-state index contributed by atoms with van der Waals surface area (Å²) in [5.41, 5.74) is 3.22. The SMILES string of the molecule is Cc1ccn(CCC(=O)NC[C@@H]2Cc3cc(F)cc(-c4cccnc4)c3O2)n1. The number of carbonyl (C=O) groups is 1. The van der Waals surface area contributed by atoms with E-state index in [1.807, 2.05) is 25.3 Å². The molecule has 1 aliphatic heterocycles. The summed E-state index contributed by atoms with van der Waals surface area (Å²) in [5, 5.41) is 7.16. The minimum absolute atomic E-state index is 0.0635. The molecule has 7 heteroatoms. The number of aryl methyl sites for hydroxylation is 2. The molecule has 2 aromatic heterocycles. The number of fused-ring (bicyclic) bond motifs is 1. The average molecular weight is 380 g/mol. The summed E-state index contributed by atoms with van der Waals surface area (Å²) >= 11 is 0. The van der Waals surface area contributed by atoms with Crippen molar-refractivity contribution in [1.82, 2.24) is 20.1 Å². The lowest BCUT2D eigenvalue weighted by atomic mass is 10.0. The Labute approximate surface area is 162 Å². The summed E-state index contributed by atoms with van der Waals surface area (Å²) in [6.07, 6.45) is 5.89. The van der Waals surface area contributed by atoms with Gasteiger partial charge in [0, 0.05) is 54.7 Å². The lowest BCUT2D eigenvalue weighted by Gasteiger charge is -2.13. The van der Waals surface area contributed by atoms with Gasteiger partial charge in [-0.3, -0.25) is 14.5 Å². The summed E-state index contributed by atoms with van der Waals surface area (Å²) in [6, 6.07) is 8.54. The molecule has 0 unspecified atom stereocenters. The van der Waals surface area contributed by atoms with Gasteiger partial charge >= 0.3 is 0 Å². The number of nitrogens with one attached hydrogen (secondary N) is 1. The van der Waals surface area contributed by atoms with E-state index < -0.39 is 0 Å². The monoisotopic (exact) mass is 380 g/mol. The van der Waals surface area contributed by atoms with Crippen molar-refractivity contribution in [2.75, 3.05) is 6.54 Å². The molecule has 0 saturated heterocycles. The van der Waals surface area contributed by atoms with Gasteiger partial charge in [0.15, 0.2) is 0 Å². The number of carbonyl (C=O) groups excluding carboxylic acids is 1. The van der Waals surface area contributed by atoms with Gasteiger partial charge in [0.05, 0.1) is 12.2 Å². The van der Waals surface area contributed by atoms with E-state index in [-0.39, 0.29) is 17.8 Å². The van der Waals surface area contributed by atoms with E-state index in [4.69, 9.17) is 4.74 Å². The number of rotatable bonds is 6. The van der Waals surface area contributed by atoms with E-state index in [9.17, 15) is 9.18 Å². The normalized spacial score (nSPS) is 15.1. The minimum atomic E-state index is -0.305. The standard InChI is InChI=1S/C21H21FN4O2/c1-14-4-7-26(25-14)8-5-20(27)24-13-18-10-16-9-17(22)11-19(21(16)28-18)15-3-2-6-23-12-15/h2-4,6-7,9,11-12,18H,5,8,10,13H2,1H3,(H,24,27)/t18-/m0/s1. The zero-order valence-electron chi connectivity index (χ0n) is 15.6. The fourth-order valence-corrected chi connectivity index (χ4v) is 3.36. The van der Waals surface area contributed by atoms with Gasteiger partial charge in [-0.1, -0.05) is 6.07 Å². The molecule has 0 spiro atoms. The number of aromatic nitrogens is 3. The first-order valence-corrected chi connectivity index (χ1v) is 9.25. The van der Waals surface area contributed by atoms with E-state index in [1.165, 1.54) is 12.1 Å².